The molecule has 0 spiro atoms. The summed E-state index contributed by atoms with van der Waals surface area (Å²) in [7, 11) is 0. The first-order valence-electron chi connectivity index (χ1n) is 11.1. The smallest absolute Gasteiger partial charge is 0.314 e. The van der Waals surface area contributed by atoms with Crippen LogP contribution in [0.2, 0.25) is 0 Å². The van der Waals surface area contributed by atoms with Gasteiger partial charge in [0.1, 0.15) is 5.82 Å². The van der Waals surface area contributed by atoms with Crippen molar-refractivity contribution in [3.63, 3.8) is 0 Å². The number of likely N-dealkylation sites (tertiary alicyclic amines) is 1. The van der Waals surface area contributed by atoms with Gasteiger partial charge in [-0.25, -0.2) is 4.39 Å². The summed E-state index contributed by atoms with van der Waals surface area (Å²) in [5.41, 5.74) is 0.517. The van der Waals surface area contributed by atoms with E-state index < -0.39 is 5.41 Å². The van der Waals surface area contributed by atoms with Crippen LogP contribution in [-0.2, 0) is 27.2 Å². The molecule has 0 bridgehead atoms. The normalized spacial score (nSPS) is 19.6. The van der Waals surface area contributed by atoms with Gasteiger partial charge in [0.15, 0.2) is 11.5 Å². The molecule has 1 atom stereocenters. The molecule has 0 radical (unpaired) electrons. The van der Waals surface area contributed by atoms with Crippen molar-refractivity contribution >= 4 is 11.9 Å². The molecule has 6 nitrogen and oxygen atoms in total. The average molecular weight is 441 g/mol. The molecule has 0 aliphatic carbocycles. The standard InChI is InChI=1S/C25H28FNO5/c1-2-30-24(29)25(15-19-6-3-4-7-20(19)26)12-5-13-27(16-25)23(28)11-9-18-8-10-21-22(14-18)32-17-31-21/h3-4,6-8,10,14H,2,5,9,11-13,15-17H2,1H3/t25-/m1/s1. The van der Waals surface area contributed by atoms with Gasteiger partial charge in [0.2, 0.25) is 12.7 Å². The van der Waals surface area contributed by atoms with Crippen LogP contribution in [0.3, 0.4) is 0 Å². The average Bonchev–Trinajstić information content (AvgIpc) is 3.27. The van der Waals surface area contributed by atoms with Gasteiger partial charge in [-0.3, -0.25) is 9.59 Å². The van der Waals surface area contributed by atoms with E-state index in [0.717, 1.165) is 5.56 Å². The Bertz CT molecular complexity index is 994. The van der Waals surface area contributed by atoms with Crippen molar-refractivity contribution in [2.75, 3.05) is 26.5 Å². The zero-order valence-corrected chi connectivity index (χ0v) is 18.3. The Balaban J connectivity index is 1.46. The molecule has 1 fully saturated rings. The number of carbonyl (C=O) groups excluding carboxylic acids is 2. The summed E-state index contributed by atoms with van der Waals surface area (Å²) in [5.74, 6) is 0.672. The van der Waals surface area contributed by atoms with Crippen molar-refractivity contribution < 1.29 is 28.2 Å². The van der Waals surface area contributed by atoms with E-state index in [4.69, 9.17) is 14.2 Å². The predicted molar refractivity (Wildman–Crippen MR) is 116 cm³/mol. The molecule has 4 rings (SSSR count). The third-order valence-corrected chi connectivity index (χ3v) is 6.19. The van der Waals surface area contributed by atoms with Crippen molar-refractivity contribution in [2.45, 2.75) is 39.0 Å². The van der Waals surface area contributed by atoms with Gasteiger partial charge in [-0.1, -0.05) is 24.3 Å². The molecule has 2 aliphatic rings. The molecule has 1 amide bonds. The highest BCUT2D eigenvalue weighted by atomic mass is 19.1. The third-order valence-electron chi connectivity index (χ3n) is 6.19. The van der Waals surface area contributed by atoms with E-state index in [-0.39, 0.29) is 44.1 Å². The number of esters is 1. The second-order valence-electron chi connectivity index (χ2n) is 8.38. The number of halogens is 1. The number of ether oxygens (including phenoxy) is 3. The monoisotopic (exact) mass is 441 g/mol. The molecule has 2 aromatic rings. The summed E-state index contributed by atoms with van der Waals surface area (Å²) in [6.45, 7) is 3.03. The van der Waals surface area contributed by atoms with Crippen molar-refractivity contribution in [2.24, 2.45) is 5.41 Å². The number of nitrogens with zero attached hydrogens (tertiary/aromatic N) is 1. The molecule has 2 heterocycles. The lowest BCUT2D eigenvalue weighted by atomic mass is 9.74. The summed E-state index contributed by atoms with van der Waals surface area (Å²) < 4.78 is 30.5. The largest absolute Gasteiger partial charge is 0.466 e. The van der Waals surface area contributed by atoms with E-state index in [0.29, 0.717) is 49.3 Å². The molecule has 0 N–H and O–H groups in total. The van der Waals surface area contributed by atoms with Crippen molar-refractivity contribution in [3.8, 4) is 11.5 Å². The first kappa shape index (κ1) is 22.1. The summed E-state index contributed by atoms with van der Waals surface area (Å²) in [5, 5.41) is 0. The lowest BCUT2D eigenvalue weighted by molar-refractivity contribution is -0.160. The second-order valence-corrected chi connectivity index (χ2v) is 8.38. The Morgan fingerprint density at radius 2 is 1.97 bits per heavy atom. The summed E-state index contributed by atoms with van der Waals surface area (Å²) in [4.78, 5) is 27.8. The number of piperidine rings is 1. The second kappa shape index (κ2) is 9.59. The molecule has 170 valence electrons. The number of hydrogen-bond donors (Lipinski definition) is 0. The number of aryl methyl sites for hydroxylation is 1. The van der Waals surface area contributed by atoms with Gasteiger partial charge in [-0.2, -0.15) is 0 Å². The van der Waals surface area contributed by atoms with Crippen LogP contribution in [0.15, 0.2) is 42.5 Å². The maximum absolute atomic E-state index is 14.4. The highest BCUT2D eigenvalue weighted by molar-refractivity contribution is 5.81. The zero-order valence-electron chi connectivity index (χ0n) is 18.3. The highest BCUT2D eigenvalue weighted by Gasteiger charge is 2.45. The van der Waals surface area contributed by atoms with Gasteiger partial charge >= 0.3 is 5.97 Å². The maximum atomic E-state index is 14.4. The van der Waals surface area contributed by atoms with Crippen molar-refractivity contribution in [1.82, 2.24) is 4.90 Å². The van der Waals surface area contributed by atoms with E-state index in [1.165, 1.54) is 6.07 Å². The van der Waals surface area contributed by atoms with E-state index in [2.05, 4.69) is 0 Å². The summed E-state index contributed by atoms with van der Waals surface area (Å²) >= 11 is 0. The number of rotatable bonds is 7. The number of amides is 1. The van der Waals surface area contributed by atoms with Gasteiger partial charge < -0.3 is 19.1 Å². The quantitative estimate of drug-likeness (QED) is 0.610. The number of carbonyl (C=O) groups is 2. The molecule has 7 heteroatoms. The highest BCUT2D eigenvalue weighted by Crippen LogP contribution is 2.37. The lowest BCUT2D eigenvalue weighted by Gasteiger charge is -2.41. The van der Waals surface area contributed by atoms with E-state index in [9.17, 15) is 14.0 Å². The molecule has 0 unspecified atom stereocenters. The van der Waals surface area contributed by atoms with Gasteiger partial charge in [0, 0.05) is 19.5 Å². The molecular formula is C25H28FNO5. The SMILES string of the molecule is CCOC(=O)[C@@]1(Cc2ccccc2F)CCCN(C(=O)CCc2ccc3c(c2)OCO3)C1. The van der Waals surface area contributed by atoms with Crippen LogP contribution < -0.4 is 9.47 Å². The van der Waals surface area contributed by atoms with Crippen LogP contribution in [0.5, 0.6) is 11.5 Å². The Labute approximate surface area is 187 Å². The topological polar surface area (TPSA) is 65.1 Å². The molecule has 0 aromatic heterocycles. The molecular weight excluding hydrogens is 413 g/mol. The fourth-order valence-electron chi connectivity index (χ4n) is 4.52. The molecule has 2 aliphatic heterocycles. The van der Waals surface area contributed by atoms with Crippen molar-refractivity contribution in [3.05, 3.63) is 59.4 Å². The van der Waals surface area contributed by atoms with Crippen LogP contribution in [0.1, 0.15) is 37.3 Å². The van der Waals surface area contributed by atoms with E-state index >= 15 is 0 Å². The zero-order chi connectivity index (χ0) is 22.6. The van der Waals surface area contributed by atoms with Gasteiger partial charge in [0.05, 0.1) is 12.0 Å². The Morgan fingerprint density at radius 1 is 1.16 bits per heavy atom. The molecule has 1 saturated heterocycles. The van der Waals surface area contributed by atoms with Crippen LogP contribution in [0, 0.1) is 11.2 Å². The number of benzene rings is 2. The fourth-order valence-corrected chi connectivity index (χ4v) is 4.52. The Hall–Kier alpha value is -3.09. The maximum Gasteiger partial charge on any atom is 0.314 e. The Morgan fingerprint density at radius 3 is 2.78 bits per heavy atom. The van der Waals surface area contributed by atoms with Gasteiger partial charge in [-0.05, 0) is 61.9 Å². The summed E-state index contributed by atoms with van der Waals surface area (Å²) in [6.07, 6.45) is 2.32. The molecule has 2 aromatic carbocycles. The van der Waals surface area contributed by atoms with E-state index in [1.807, 2.05) is 18.2 Å². The van der Waals surface area contributed by atoms with Crippen LogP contribution in [-0.4, -0.2) is 43.3 Å². The van der Waals surface area contributed by atoms with Crippen LogP contribution in [0.4, 0.5) is 4.39 Å². The molecule has 32 heavy (non-hydrogen) atoms. The Kier molecular flexibility index (Phi) is 6.63. The minimum atomic E-state index is -0.940. The number of fused-ring (bicyclic) bond motifs is 1. The van der Waals surface area contributed by atoms with Gasteiger partial charge in [-0.15, -0.1) is 0 Å². The third kappa shape index (κ3) is 4.71. The summed E-state index contributed by atoms with van der Waals surface area (Å²) in [6, 6.07) is 12.1. The minimum absolute atomic E-state index is 0.0235. The first-order valence-corrected chi connectivity index (χ1v) is 11.1. The lowest BCUT2D eigenvalue weighted by Crippen LogP contribution is -2.51. The number of hydrogen-bond acceptors (Lipinski definition) is 5. The van der Waals surface area contributed by atoms with Gasteiger partial charge in [0.25, 0.3) is 0 Å². The van der Waals surface area contributed by atoms with Crippen molar-refractivity contribution in [1.29, 1.82) is 0 Å². The minimum Gasteiger partial charge on any atom is -0.466 e. The fraction of sp³-hybridized carbons (Fsp3) is 0.440. The molecule has 0 saturated carbocycles. The van der Waals surface area contributed by atoms with Crippen LogP contribution in [0.25, 0.3) is 0 Å². The predicted octanol–water partition coefficient (Wildman–Crippen LogP) is 3.90. The van der Waals surface area contributed by atoms with E-state index in [1.54, 1.807) is 30.0 Å². The first-order chi connectivity index (χ1) is 15.5. The van der Waals surface area contributed by atoms with Crippen LogP contribution >= 0.6 is 0 Å².